The van der Waals surface area contributed by atoms with Gasteiger partial charge in [-0.3, -0.25) is 4.79 Å². The molecule has 5 nitrogen and oxygen atoms in total. The van der Waals surface area contributed by atoms with E-state index in [-0.39, 0.29) is 19.1 Å². The molecule has 5 heteroatoms. The third kappa shape index (κ3) is 3.74. The number of nitrogens with zero attached hydrogens (tertiary/aromatic N) is 2. The first-order chi connectivity index (χ1) is 11.5. The minimum atomic E-state index is -1.02. The Labute approximate surface area is 141 Å². The fourth-order valence-electron chi connectivity index (χ4n) is 2.89. The summed E-state index contributed by atoms with van der Waals surface area (Å²) in [5, 5.41) is 10.7. The number of β-amino-alcohol motifs (C(OH)–C–C–N with tert-alkyl or cyclic N) is 1. The van der Waals surface area contributed by atoms with E-state index in [2.05, 4.69) is 4.98 Å². The average Bonchev–Trinajstić information content (AvgIpc) is 2.95. The van der Waals surface area contributed by atoms with Gasteiger partial charge in [0.15, 0.2) is 0 Å². The Bertz CT molecular complexity index is 747. The number of pyridine rings is 1. The maximum absolute atomic E-state index is 12.5. The van der Waals surface area contributed by atoms with Gasteiger partial charge in [-0.05, 0) is 50.1 Å². The lowest BCUT2D eigenvalue weighted by Gasteiger charge is -2.23. The first-order valence-electron chi connectivity index (χ1n) is 8.10. The van der Waals surface area contributed by atoms with Gasteiger partial charge in [0.25, 0.3) is 5.91 Å². The van der Waals surface area contributed by atoms with Crippen molar-refractivity contribution < 1.29 is 14.6 Å². The smallest absolute Gasteiger partial charge is 0.272 e. The fourth-order valence-corrected chi connectivity index (χ4v) is 2.89. The van der Waals surface area contributed by atoms with Gasteiger partial charge in [0, 0.05) is 12.2 Å². The number of ether oxygens (including phenoxy) is 1. The van der Waals surface area contributed by atoms with E-state index in [1.54, 1.807) is 11.0 Å². The predicted octanol–water partition coefficient (Wildman–Crippen LogP) is 2.35. The second-order valence-corrected chi connectivity index (χ2v) is 6.47. The van der Waals surface area contributed by atoms with Crippen LogP contribution in [0, 0.1) is 13.8 Å². The van der Waals surface area contributed by atoms with E-state index in [9.17, 15) is 9.90 Å². The highest BCUT2D eigenvalue weighted by molar-refractivity contribution is 5.92. The topological polar surface area (TPSA) is 62.7 Å². The molecule has 3 rings (SSSR count). The molecule has 1 aliphatic rings. The van der Waals surface area contributed by atoms with Crippen molar-refractivity contribution >= 4 is 5.91 Å². The summed E-state index contributed by atoms with van der Waals surface area (Å²) in [6.07, 6.45) is 0.496. The average molecular weight is 326 g/mol. The van der Waals surface area contributed by atoms with Crippen LogP contribution in [0.15, 0.2) is 42.5 Å². The summed E-state index contributed by atoms with van der Waals surface area (Å²) in [5.74, 6) is 0.582. The van der Waals surface area contributed by atoms with E-state index < -0.39 is 5.60 Å². The molecule has 126 valence electrons. The molecule has 2 heterocycles. The van der Waals surface area contributed by atoms with Gasteiger partial charge in [-0.15, -0.1) is 0 Å². The van der Waals surface area contributed by atoms with Gasteiger partial charge in [-0.1, -0.05) is 18.2 Å². The minimum Gasteiger partial charge on any atom is -0.491 e. The van der Waals surface area contributed by atoms with Crippen LogP contribution in [0.3, 0.4) is 0 Å². The number of likely N-dealkylation sites (tertiary alicyclic amines) is 1. The highest BCUT2D eigenvalue weighted by atomic mass is 16.5. The summed E-state index contributed by atoms with van der Waals surface area (Å²) in [5.41, 5.74) is 1.30. The maximum Gasteiger partial charge on any atom is 0.272 e. The zero-order chi connectivity index (χ0) is 17.2. The molecule has 24 heavy (non-hydrogen) atoms. The summed E-state index contributed by atoms with van der Waals surface area (Å²) in [6, 6.07) is 13.1. The van der Waals surface area contributed by atoms with Crippen molar-refractivity contribution in [1.29, 1.82) is 0 Å². The molecular weight excluding hydrogens is 304 g/mol. The standard InChI is InChI=1S/C19H22N2O3/c1-14-5-3-7-16(11-14)24-13-19(23)9-10-21(12-19)18(22)17-8-4-6-15(2)20-17/h3-8,11,23H,9-10,12-13H2,1-2H3/t19-/m0/s1. The van der Waals surface area contributed by atoms with Crippen molar-refractivity contribution in [2.75, 3.05) is 19.7 Å². The van der Waals surface area contributed by atoms with Gasteiger partial charge >= 0.3 is 0 Å². The second-order valence-electron chi connectivity index (χ2n) is 6.47. The SMILES string of the molecule is Cc1cccc(OC[C@]2(O)CCN(C(=O)c3cccc(C)n3)C2)c1. The van der Waals surface area contributed by atoms with Crippen molar-refractivity contribution in [1.82, 2.24) is 9.88 Å². The summed E-state index contributed by atoms with van der Waals surface area (Å²) >= 11 is 0. The molecule has 1 aliphatic heterocycles. The number of aromatic nitrogens is 1. The monoisotopic (exact) mass is 326 g/mol. The van der Waals surface area contributed by atoms with Gasteiger partial charge in [0.2, 0.25) is 0 Å². The van der Waals surface area contributed by atoms with Crippen LogP contribution in [-0.4, -0.2) is 46.2 Å². The number of carbonyl (C=O) groups is 1. The summed E-state index contributed by atoms with van der Waals surface area (Å²) in [4.78, 5) is 18.4. The number of carbonyl (C=O) groups excluding carboxylic acids is 1. The van der Waals surface area contributed by atoms with Gasteiger partial charge in [0.1, 0.15) is 23.7 Å². The molecule has 0 saturated carbocycles. The largest absolute Gasteiger partial charge is 0.491 e. The molecule has 0 aliphatic carbocycles. The summed E-state index contributed by atoms with van der Waals surface area (Å²) < 4.78 is 5.72. The lowest BCUT2D eigenvalue weighted by atomic mass is 10.1. The number of rotatable bonds is 4. The number of hydrogen-bond donors (Lipinski definition) is 1. The number of amides is 1. The summed E-state index contributed by atoms with van der Waals surface area (Å²) in [7, 11) is 0. The van der Waals surface area contributed by atoms with Gasteiger partial charge in [-0.25, -0.2) is 4.98 Å². The zero-order valence-corrected chi connectivity index (χ0v) is 14.0. The first-order valence-corrected chi connectivity index (χ1v) is 8.10. The molecule has 1 N–H and O–H groups in total. The Morgan fingerprint density at radius 1 is 1.29 bits per heavy atom. The number of aliphatic hydroxyl groups is 1. The van der Waals surface area contributed by atoms with E-state index in [1.165, 1.54) is 0 Å². The first kappa shape index (κ1) is 16.5. The fraction of sp³-hybridized carbons (Fsp3) is 0.368. The lowest BCUT2D eigenvalue weighted by molar-refractivity contribution is 0.00423. The molecule has 0 unspecified atom stereocenters. The molecular formula is C19H22N2O3. The van der Waals surface area contributed by atoms with Gasteiger partial charge < -0.3 is 14.7 Å². The number of aryl methyl sites for hydroxylation is 2. The highest BCUT2D eigenvalue weighted by Gasteiger charge is 2.39. The Hall–Kier alpha value is -2.40. The van der Waals surface area contributed by atoms with Crippen LogP contribution >= 0.6 is 0 Å². The van der Waals surface area contributed by atoms with Crippen molar-refractivity contribution in [3.63, 3.8) is 0 Å². The van der Waals surface area contributed by atoms with E-state index in [4.69, 9.17) is 4.74 Å². The van der Waals surface area contributed by atoms with Crippen LogP contribution in [-0.2, 0) is 0 Å². The molecule has 1 aromatic carbocycles. The van der Waals surface area contributed by atoms with Crippen LogP contribution < -0.4 is 4.74 Å². The van der Waals surface area contributed by atoms with Crippen LogP contribution in [0.25, 0.3) is 0 Å². The molecule has 1 saturated heterocycles. The van der Waals surface area contributed by atoms with Crippen molar-refractivity contribution in [2.24, 2.45) is 0 Å². The Kier molecular flexibility index (Phi) is 4.53. The predicted molar refractivity (Wildman–Crippen MR) is 91.1 cm³/mol. The van der Waals surface area contributed by atoms with Crippen LogP contribution in [0.1, 0.15) is 28.2 Å². The summed E-state index contributed by atoms with van der Waals surface area (Å²) in [6.45, 7) is 4.77. The Morgan fingerprint density at radius 2 is 2.08 bits per heavy atom. The normalized spacial score (nSPS) is 20.2. The molecule has 0 spiro atoms. The third-order valence-corrected chi connectivity index (χ3v) is 4.22. The molecule has 1 aromatic heterocycles. The van der Waals surface area contributed by atoms with Crippen molar-refractivity contribution in [3.05, 3.63) is 59.4 Å². The maximum atomic E-state index is 12.5. The van der Waals surface area contributed by atoms with Crippen molar-refractivity contribution in [3.8, 4) is 5.75 Å². The van der Waals surface area contributed by atoms with Crippen LogP contribution in [0.5, 0.6) is 5.75 Å². The third-order valence-electron chi connectivity index (χ3n) is 4.22. The van der Waals surface area contributed by atoms with Crippen molar-refractivity contribution in [2.45, 2.75) is 25.9 Å². The van der Waals surface area contributed by atoms with E-state index in [1.807, 2.05) is 50.2 Å². The Balaban J connectivity index is 1.62. The van der Waals surface area contributed by atoms with Crippen LogP contribution in [0.4, 0.5) is 0 Å². The van der Waals surface area contributed by atoms with Crippen LogP contribution in [0.2, 0.25) is 0 Å². The van der Waals surface area contributed by atoms with E-state index >= 15 is 0 Å². The minimum absolute atomic E-state index is 0.148. The molecule has 2 aromatic rings. The van der Waals surface area contributed by atoms with E-state index in [0.717, 1.165) is 17.0 Å². The number of hydrogen-bond acceptors (Lipinski definition) is 4. The quantitative estimate of drug-likeness (QED) is 0.937. The van der Waals surface area contributed by atoms with E-state index in [0.29, 0.717) is 18.7 Å². The molecule has 0 bridgehead atoms. The highest BCUT2D eigenvalue weighted by Crippen LogP contribution is 2.24. The zero-order valence-electron chi connectivity index (χ0n) is 14.0. The lowest BCUT2D eigenvalue weighted by Crippen LogP contribution is -2.40. The number of benzene rings is 1. The molecule has 1 atom stereocenters. The Morgan fingerprint density at radius 3 is 2.83 bits per heavy atom. The second kappa shape index (κ2) is 6.61. The molecule has 0 radical (unpaired) electrons. The molecule has 1 amide bonds. The van der Waals surface area contributed by atoms with Gasteiger partial charge in [0.05, 0.1) is 6.54 Å². The molecule has 1 fully saturated rings. The van der Waals surface area contributed by atoms with Gasteiger partial charge in [-0.2, -0.15) is 0 Å².